The van der Waals surface area contributed by atoms with Crippen molar-refractivity contribution in [2.75, 3.05) is 13.1 Å². The summed E-state index contributed by atoms with van der Waals surface area (Å²) in [4.78, 5) is 16.7. The normalized spacial score (nSPS) is 10.7. The van der Waals surface area contributed by atoms with Crippen molar-refractivity contribution in [1.29, 1.82) is 0 Å². The number of thiophene rings is 1. The number of fused-ring (bicyclic) bond motifs is 1. The molecule has 2 N–H and O–H groups in total. The molecule has 2 aromatic heterocycles. The highest BCUT2D eigenvalue weighted by atomic mass is 35.5. The molecule has 0 atom stereocenters. The quantitative estimate of drug-likeness (QED) is 0.715. The van der Waals surface area contributed by atoms with Crippen LogP contribution in [0.15, 0.2) is 36.4 Å². The maximum atomic E-state index is 13.0. The van der Waals surface area contributed by atoms with E-state index in [-0.39, 0.29) is 18.3 Å². The summed E-state index contributed by atoms with van der Waals surface area (Å²) in [7, 11) is 1.91. The predicted molar refractivity (Wildman–Crippen MR) is 105 cm³/mol. The van der Waals surface area contributed by atoms with Gasteiger partial charge in [-0.1, -0.05) is 30.3 Å². The van der Waals surface area contributed by atoms with Gasteiger partial charge in [-0.15, -0.1) is 23.7 Å². The van der Waals surface area contributed by atoms with Crippen LogP contribution in [-0.2, 0) is 13.6 Å². The SMILES string of the molecule is Cc1nn(C)c2sc(C(=O)N(CCCN)Cc3ccccc3)cc12.Cl. The maximum Gasteiger partial charge on any atom is 0.264 e. The van der Waals surface area contributed by atoms with Crippen LogP contribution in [0.5, 0.6) is 0 Å². The van der Waals surface area contributed by atoms with E-state index in [0.29, 0.717) is 19.6 Å². The van der Waals surface area contributed by atoms with E-state index in [2.05, 4.69) is 5.10 Å². The minimum atomic E-state index is 0. The number of halogens is 1. The second kappa shape index (κ2) is 8.47. The number of nitrogens with zero attached hydrogens (tertiary/aromatic N) is 3. The van der Waals surface area contributed by atoms with E-state index < -0.39 is 0 Å². The first-order chi connectivity index (χ1) is 11.6. The average molecular weight is 379 g/mol. The summed E-state index contributed by atoms with van der Waals surface area (Å²) in [5.41, 5.74) is 7.73. The van der Waals surface area contributed by atoms with Crippen LogP contribution in [-0.4, -0.2) is 33.7 Å². The highest BCUT2D eigenvalue weighted by Crippen LogP contribution is 2.28. The third kappa shape index (κ3) is 4.21. The Kier molecular flexibility index (Phi) is 6.58. The minimum absolute atomic E-state index is 0. The smallest absolute Gasteiger partial charge is 0.264 e. The summed E-state index contributed by atoms with van der Waals surface area (Å²) in [6.45, 7) is 3.81. The summed E-state index contributed by atoms with van der Waals surface area (Å²) in [6.07, 6.45) is 0.796. The van der Waals surface area contributed by atoms with E-state index in [9.17, 15) is 4.79 Å². The van der Waals surface area contributed by atoms with Gasteiger partial charge in [0.1, 0.15) is 4.83 Å². The molecule has 0 aliphatic rings. The van der Waals surface area contributed by atoms with Gasteiger partial charge in [0, 0.05) is 25.5 Å². The second-order valence-corrected chi connectivity index (χ2v) is 6.92. The Hall–Kier alpha value is -1.89. The van der Waals surface area contributed by atoms with Crippen LogP contribution in [0.25, 0.3) is 10.2 Å². The topological polar surface area (TPSA) is 64.2 Å². The standard InChI is InChI=1S/C18H22N4OS.ClH/c1-13-15-11-16(24-18(15)21(2)20-13)17(23)22(10-6-9-19)12-14-7-4-3-5-8-14;/h3-5,7-8,11H,6,9-10,12,19H2,1-2H3;1H. The van der Waals surface area contributed by atoms with Gasteiger partial charge in [0.2, 0.25) is 0 Å². The summed E-state index contributed by atoms with van der Waals surface area (Å²) < 4.78 is 1.84. The molecule has 1 amide bonds. The van der Waals surface area contributed by atoms with E-state index in [1.807, 2.05) is 60.0 Å². The first-order valence-corrected chi connectivity index (χ1v) is 8.88. The number of carbonyl (C=O) groups excluding carboxylic acids is 1. The van der Waals surface area contributed by atoms with Gasteiger partial charge in [0.15, 0.2) is 0 Å². The molecule has 0 aliphatic carbocycles. The first kappa shape index (κ1) is 19.4. The summed E-state index contributed by atoms with van der Waals surface area (Å²) in [5.74, 6) is 0.0629. The molecule has 5 nitrogen and oxygen atoms in total. The zero-order chi connectivity index (χ0) is 17.1. The van der Waals surface area contributed by atoms with Crippen LogP contribution < -0.4 is 5.73 Å². The van der Waals surface area contributed by atoms with Crippen molar-refractivity contribution < 1.29 is 4.79 Å². The number of hydrogen-bond donors (Lipinski definition) is 1. The van der Waals surface area contributed by atoms with Crippen molar-refractivity contribution in [3.8, 4) is 0 Å². The molecule has 25 heavy (non-hydrogen) atoms. The van der Waals surface area contributed by atoms with Crippen molar-refractivity contribution in [3.05, 3.63) is 52.5 Å². The average Bonchev–Trinajstić information content (AvgIpc) is 3.14. The van der Waals surface area contributed by atoms with E-state index in [1.165, 1.54) is 11.3 Å². The summed E-state index contributed by atoms with van der Waals surface area (Å²) in [6, 6.07) is 12.0. The highest BCUT2D eigenvalue weighted by Gasteiger charge is 2.20. The van der Waals surface area contributed by atoms with Crippen molar-refractivity contribution >= 4 is 39.9 Å². The number of rotatable bonds is 6. The molecule has 0 radical (unpaired) electrons. The van der Waals surface area contributed by atoms with Gasteiger partial charge < -0.3 is 10.6 Å². The number of aromatic nitrogens is 2. The van der Waals surface area contributed by atoms with Crippen molar-refractivity contribution in [2.24, 2.45) is 12.8 Å². The molecule has 1 aromatic carbocycles. The van der Waals surface area contributed by atoms with Gasteiger partial charge in [0.05, 0.1) is 10.6 Å². The number of aryl methyl sites for hydroxylation is 2. The molecule has 0 saturated carbocycles. The second-order valence-electron chi connectivity index (χ2n) is 5.89. The number of nitrogens with two attached hydrogens (primary N) is 1. The fourth-order valence-electron chi connectivity index (χ4n) is 2.80. The largest absolute Gasteiger partial charge is 0.334 e. The van der Waals surface area contributed by atoms with Crippen molar-refractivity contribution in [1.82, 2.24) is 14.7 Å². The zero-order valence-electron chi connectivity index (χ0n) is 14.4. The van der Waals surface area contributed by atoms with Gasteiger partial charge in [-0.3, -0.25) is 9.48 Å². The Balaban J connectivity index is 0.00000225. The van der Waals surface area contributed by atoms with Crippen LogP contribution in [0, 0.1) is 6.92 Å². The monoisotopic (exact) mass is 378 g/mol. The molecule has 0 bridgehead atoms. The van der Waals surface area contributed by atoms with Gasteiger partial charge in [-0.25, -0.2) is 0 Å². The molecule has 3 aromatic rings. The number of benzene rings is 1. The summed E-state index contributed by atoms with van der Waals surface area (Å²) in [5, 5.41) is 5.46. The van der Waals surface area contributed by atoms with E-state index in [1.54, 1.807) is 0 Å². The molecule has 134 valence electrons. The minimum Gasteiger partial charge on any atom is -0.334 e. The van der Waals surface area contributed by atoms with E-state index in [0.717, 1.165) is 32.8 Å². The first-order valence-electron chi connectivity index (χ1n) is 8.06. The van der Waals surface area contributed by atoms with Crippen LogP contribution >= 0.6 is 23.7 Å². The van der Waals surface area contributed by atoms with Crippen LogP contribution in [0.3, 0.4) is 0 Å². The van der Waals surface area contributed by atoms with Crippen molar-refractivity contribution in [3.63, 3.8) is 0 Å². The lowest BCUT2D eigenvalue weighted by Gasteiger charge is -2.22. The number of carbonyl (C=O) groups is 1. The maximum absolute atomic E-state index is 13.0. The van der Waals surface area contributed by atoms with Gasteiger partial charge in [0.25, 0.3) is 5.91 Å². The highest BCUT2D eigenvalue weighted by molar-refractivity contribution is 7.20. The van der Waals surface area contributed by atoms with Crippen LogP contribution in [0.4, 0.5) is 0 Å². The van der Waals surface area contributed by atoms with Crippen LogP contribution in [0.1, 0.15) is 27.3 Å². The third-order valence-electron chi connectivity index (χ3n) is 4.04. The third-order valence-corrected chi connectivity index (χ3v) is 5.23. The summed E-state index contributed by atoms with van der Waals surface area (Å²) >= 11 is 1.50. The van der Waals surface area contributed by atoms with Crippen molar-refractivity contribution in [2.45, 2.75) is 19.9 Å². The van der Waals surface area contributed by atoms with E-state index >= 15 is 0 Å². The Morgan fingerprint density at radius 3 is 2.68 bits per heavy atom. The molecule has 0 aliphatic heterocycles. The molecule has 0 fully saturated rings. The Labute approximate surface area is 157 Å². The molecule has 0 unspecified atom stereocenters. The van der Waals surface area contributed by atoms with Crippen LogP contribution in [0.2, 0.25) is 0 Å². The fourth-order valence-corrected chi connectivity index (χ4v) is 3.90. The number of hydrogen-bond acceptors (Lipinski definition) is 4. The Morgan fingerprint density at radius 2 is 2.04 bits per heavy atom. The number of amides is 1. The molecule has 0 saturated heterocycles. The Bertz CT molecular complexity index is 809. The zero-order valence-corrected chi connectivity index (χ0v) is 16.1. The lowest BCUT2D eigenvalue weighted by atomic mass is 10.2. The fraction of sp³-hybridized carbons (Fsp3) is 0.333. The molecule has 2 heterocycles. The molecule has 0 spiro atoms. The molecule has 7 heteroatoms. The Morgan fingerprint density at radius 1 is 1.32 bits per heavy atom. The van der Waals surface area contributed by atoms with Gasteiger partial charge in [-0.05, 0) is 31.5 Å². The lowest BCUT2D eigenvalue weighted by molar-refractivity contribution is 0.0747. The van der Waals surface area contributed by atoms with E-state index in [4.69, 9.17) is 5.73 Å². The lowest BCUT2D eigenvalue weighted by Crippen LogP contribution is -2.32. The molecular formula is C18H23ClN4OS. The molecular weight excluding hydrogens is 356 g/mol. The van der Waals surface area contributed by atoms with Gasteiger partial charge in [-0.2, -0.15) is 5.10 Å². The predicted octanol–water partition coefficient (Wildman–Crippen LogP) is 3.36. The van der Waals surface area contributed by atoms with Gasteiger partial charge >= 0.3 is 0 Å². The molecule has 3 rings (SSSR count).